The van der Waals surface area contributed by atoms with Gasteiger partial charge in [-0.15, -0.1) is 0 Å². The maximum atomic E-state index is 6.18. The Kier molecular flexibility index (Phi) is 6.21. The zero-order valence-corrected chi connectivity index (χ0v) is 13.5. The molecule has 112 valence electrons. The number of para-hydroxylation sites is 1. The van der Waals surface area contributed by atoms with E-state index < -0.39 is 0 Å². The fourth-order valence-electron chi connectivity index (χ4n) is 1.95. The largest absolute Gasteiger partial charge is 0.493 e. The van der Waals surface area contributed by atoms with Crippen LogP contribution in [0.4, 0.5) is 5.69 Å². The van der Waals surface area contributed by atoms with Crippen LogP contribution in [0.1, 0.15) is 25.3 Å². The molecule has 2 nitrogen and oxygen atoms in total. The van der Waals surface area contributed by atoms with Crippen LogP contribution in [0, 0.1) is 0 Å². The lowest BCUT2D eigenvalue weighted by Crippen LogP contribution is -2.04. The monoisotopic (exact) mass is 323 g/mol. The van der Waals surface area contributed by atoms with Crippen molar-refractivity contribution in [2.75, 3.05) is 11.9 Å². The summed E-state index contributed by atoms with van der Waals surface area (Å²) >= 11 is 12.2. The van der Waals surface area contributed by atoms with Crippen molar-refractivity contribution in [3.63, 3.8) is 0 Å². The van der Waals surface area contributed by atoms with Crippen molar-refractivity contribution in [3.8, 4) is 5.75 Å². The van der Waals surface area contributed by atoms with Gasteiger partial charge in [0.05, 0.1) is 22.3 Å². The Morgan fingerprint density at radius 3 is 2.67 bits per heavy atom. The second-order valence-electron chi connectivity index (χ2n) is 4.76. The number of nitrogens with one attached hydrogen (secondary N) is 1. The minimum absolute atomic E-state index is 0.545. The fourth-order valence-corrected chi connectivity index (χ4v) is 2.32. The third kappa shape index (κ3) is 4.55. The van der Waals surface area contributed by atoms with E-state index in [4.69, 9.17) is 27.9 Å². The van der Waals surface area contributed by atoms with Crippen molar-refractivity contribution in [3.05, 3.63) is 58.1 Å². The molecule has 0 unspecified atom stereocenters. The zero-order valence-electron chi connectivity index (χ0n) is 12.0. The maximum Gasteiger partial charge on any atom is 0.124 e. The molecule has 0 aliphatic carbocycles. The minimum Gasteiger partial charge on any atom is -0.493 e. The molecular weight excluding hydrogens is 305 g/mol. The highest BCUT2D eigenvalue weighted by atomic mass is 35.5. The van der Waals surface area contributed by atoms with Crippen molar-refractivity contribution >= 4 is 28.9 Å². The van der Waals surface area contributed by atoms with Crippen LogP contribution in [0.2, 0.25) is 10.0 Å². The first-order chi connectivity index (χ1) is 10.2. The number of ether oxygens (including phenoxy) is 1. The Balaban J connectivity index is 2.04. The molecule has 0 aliphatic rings. The van der Waals surface area contributed by atoms with Gasteiger partial charge in [-0.05, 0) is 24.6 Å². The molecule has 0 fully saturated rings. The summed E-state index contributed by atoms with van der Waals surface area (Å²) in [5.41, 5.74) is 1.93. The molecule has 0 radical (unpaired) electrons. The molecule has 0 atom stereocenters. The van der Waals surface area contributed by atoms with Gasteiger partial charge in [0, 0.05) is 12.1 Å². The quantitative estimate of drug-likeness (QED) is 0.651. The van der Waals surface area contributed by atoms with E-state index in [-0.39, 0.29) is 0 Å². The van der Waals surface area contributed by atoms with Crippen molar-refractivity contribution < 1.29 is 4.74 Å². The lowest BCUT2D eigenvalue weighted by molar-refractivity contribution is 0.306. The average Bonchev–Trinajstić information content (AvgIpc) is 2.50. The topological polar surface area (TPSA) is 21.3 Å². The zero-order chi connectivity index (χ0) is 15.1. The molecule has 0 saturated heterocycles. The Bertz CT molecular complexity index is 587. The molecule has 2 rings (SSSR count). The summed E-state index contributed by atoms with van der Waals surface area (Å²) in [6, 6.07) is 13.6. The third-order valence-electron chi connectivity index (χ3n) is 3.15. The molecule has 2 aromatic rings. The Labute approximate surface area is 136 Å². The summed E-state index contributed by atoms with van der Waals surface area (Å²) < 4.78 is 5.82. The highest BCUT2D eigenvalue weighted by Crippen LogP contribution is 2.30. The number of hydrogen-bond acceptors (Lipinski definition) is 2. The number of halogens is 2. The van der Waals surface area contributed by atoms with Gasteiger partial charge in [0.2, 0.25) is 0 Å². The van der Waals surface area contributed by atoms with Gasteiger partial charge in [-0.3, -0.25) is 0 Å². The van der Waals surface area contributed by atoms with E-state index in [1.54, 1.807) is 6.07 Å². The Morgan fingerprint density at radius 2 is 1.86 bits per heavy atom. The predicted molar refractivity (Wildman–Crippen MR) is 90.6 cm³/mol. The van der Waals surface area contributed by atoms with Crippen LogP contribution in [0.3, 0.4) is 0 Å². The summed E-state index contributed by atoms with van der Waals surface area (Å²) in [5, 5.41) is 4.40. The van der Waals surface area contributed by atoms with Crippen LogP contribution < -0.4 is 10.1 Å². The van der Waals surface area contributed by atoms with Crippen molar-refractivity contribution in [2.45, 2.75) is 26.3 Å². The van der Waals surface area contributed by atoms with Crippen LogP contribution in [-0.2, 0) is 6.54 Å². The fraction of sp³-hybridized carbons (Fsp3) is 0.294. The average molecular weight is 324 g/mol. The molecule has 0 aromatic heterocycles. The summed E-state index contributed by atoms with van der Waals surface area (Å²) in [6.45, 7) is 3.53. The standard InChI is InChI=1S/C17H19Cl2NO/c1-2-3-11-21-16-10-5-4-7-13(16)12-20-15-9-6-8-14(18)17(15)19/h4-10,20H,2-3,11-12H2,1H3. The van der Waals surface area contributed by atoms with E-state index >= 15 is 0 Å². The SMILES string of the molecule is CCCCOc1ccccc1CNc1cccc(Cl)c1Cl. The molecule has 21 heavy (non-hydrogen) atoms. The molecule has 0 amide bonds. The summed E-state index contributed by atoms with van der Waals surface area (Å²) in [6.07, 6.45) is 2.18. The number of benzene rings is 2. The number of unbranched alkanes of at least 4 members (excludes halogenated alkanes) is 1. The molecule has 0 heterocycles. The molecule has 0 bridgehead atoms. The molecule has 1 N–H and O–H groups in total. The van der Waals surface area contributed by atoms with Crippen LogP contribution in [-0.4, -0.2) is 6.61 Å². The van der Waals surface area contributed by atoms with Gasteiger partial charge >= 0.3 is 0 Å². The van der Waals surface area contributed by atoms with E-state index in [1.807, 2.05) is 36.4 Å². The second-order valence-corrected chi connectivity index (χ2v) is 5.55. The van der Waals surface area contributed by atoms with Crippen LogP contribution in [0.15, 0.2) is 42.5 Å². The second kappa shape index (κ2) is 8.16. The molecule has 0 spiro atoms. The summed E-state index contributed by atoms with van der Waals surface area (Å²) in [4.78, 5) is 0. The Morgan fingerprint density at radius 1 is 1.05 bits per heavy atom. The third-order valence-corrected chi connectivity index (χ3v) is 3.97. The van der Waals surface area contributed by atoms with Gasteiger partial charge in [0.1, 0.15) is 5.75 Å². The normalized spacial score (nSPS) is 10.4. The highest BCUT2D eigenvalue weighted by molar-refractivity contribution is 6.43. The van der Waals surface area contributed by atoms with E-state index in [0.29, 0.717) is 16.6 Å². The molecule has 0 aliphatic heterocycles. The van der Waals surface area contributed by atoms with Crippen LogP contribution in [0.5, 0.6) is 5.75 Å². The first kappa shape index (κ1) is 16.0. The number of hydrogen-bond donors (Lipinski definition) is 1. The Hall–Kier alpha value is -1.38. The van der Waals surface area contributed by atoms with E-state index in [0.717, 1.165) is 36.4 Å². The van der Waals surface area contributed by atoms with Gasteiger partial charge < -0.3 is 10.1 Å². The molecular formula is C17H19Cl2NO. The first-order valence-electron chi connectivity index (χ1n) is 7.11. The highest BCUT2D eigenvalue weighted by Gasteiger charge is 2.06. The molecule has 0 saturated carbocycles. The smallest absolute Gasteiger partial charge is 0.124 e. The van der Waals surface area contributed by atoms with E-state index in [9.17, 15) is 0 Å². The lowest BCUT2D eigenvalue weighted by atomic mass is 10.2. The molecule has 4 heteroatoms. The van der Waals surface area contributed by atoms with E-state index in [2.05, 4.69) is 12.2 Å². The van der Waals surface area contributed by atoms with Crippen molar-refractivity contribution in [1.29, 1.82) is 0 Å². The van der Waals surface area contributed by atoms with Crippen molar-refractivity contribution in [2.24, 2.45) is 0 Å². The van der Waals surface area contributed by atoms with Crippen LogP contribution >= 0.6 is 23.2 Å². The van der Waals surface area contributed by atoms with Gasteiger partial charge in [0.25, 0.3) is 0 Å². The van der Waals surface area contributed by atoms with Crippen molar-refractivity contribution in [1.82, 2.24) is 0 Å². The number of rotatable bonds is 7. The van der Waals surface area contributed by atoms with Gasteiger partial charge in [0.15, 0.2) is 0 Å². The van der Waals surface area contributed by atoms with Gasteiger partial charge in [-0.2, -0.15) is 0 Å². The van der Waals surface area contributed by atoms with Gasteiger partial charge in [-0.25, -0.2) is 0 Å². The van der Waals surface area contributed by atoms with E-state index in [1.165, 1.54) is 0 Å². The first-order valence-corrected chi connectivity index (χ1v) is 7.86. The summed E-state index contributed by atoms with van der Waals surface area (Å²) in [7, 11) is 0. The maximum absolute atomic E-state index is 6.18. The minimum atomic E-state index is 0.545. The van der Waals surface area contributed by atoms with Crippen LogP contribution in [0.25, 0.3) is 0 Å². The van der Waals surface area contributed by atoms with Gasteiger partial charge in [-0.1, -0.05) is 60.8 Å². The summed E-state index contributed by atoms with van der Waals surface area (Å²) in [5.74, 6) is 0.914. The molecule has 2 aromatic carbocycles. The predicted octanol–water partition coefficient (Wildman–Crippen LogP) is 5.78. The lowest BCUT2D eigenvalue weighted by Gasteiger charge is -2.13. The number of anilines is 1.